The fourth-order valence-electron chi connectivity index (χ4n) is 6.55. The van der Waals surface area contributed by atoms with Crippen LogP contribution in [0.15, 0.2) is 70.5 Å². The van der Waals surface area contributed by atoms with E-state index < -0.39 is 34.3 Å². The topological polar surface area (TPSA) is 108 Å². The maximum Gasteiger partial charge on any atom is 0.274 e. The highest BCUT2D eigenvalue weighted by atomic mass is 79.9. The van der Waals surface area contributed by atoms with E-state index in [1.54, 1.807) is 31.2 Å². The Hall–Kier alpha value is -2.60. The fraction of sp³-hybridized carbons (Fsp3) is 0.387. The van der Waals surface area contributed by atoms with E-state index in [4.69, 9.17) is 23.2 Å². The molecular weight excluding hydrogens is 662 g/mol. The second kappa shape index (κ2) is 12.8. The van der Waals surface area contributed by atoms with E-state index >= 15 is 4.39 Å². The number of aliphatic hydroxyl groups excluding tert-OH is 1. The minimum atomic E-state index is -1.47. The van der Waals surface area contributed by atoms with Gasteiger partial charge in [0.1, 0.15) is 11.4 Å². The predicted molar refractivity (Wildman–Crippen MR) is 170 cm³/mol. The molecule has 4 atom stereocenters. The summed E-state index contributed by atoms with van der Waals surface area (Å²) in [4.78, 5) is 27.8. The number of allylic oxidation sites excluding steroid dienone is 4. The van der Waals surface area contributed by atoms with Crippen LogP contribution in [0.2, 0.25) is 5.02 Å². The molecule has 228 valence electrons. The zero-order valence-corrected chi connectivity index (χ0v) is 26.6. The molecule has 2 aromatic rings. The maximum atomic E-state index is 16.7. The summed E-state index contributed by atoms with van der Waals surface area (Å²) in [5.41, 5.74) is 0.683. The number of aliphatic hydroxyl groups is 1. The second-order valence-electron chi connectivity index (χ2n) is 11.3. The molecule has 2 aromatic carbocycles. The first kappa shape index (κ1) is 31.8. The Morgan fingerprint density at radius 3 is 2.77 bits per heavy atom. The number of nitrogens with one attached hydrogen (secondary N) is 2. The highest BCUT2D eigenvalue weighted by Gasteiger charge is 2.67. The van der Waals surface area contributed by atoms with Gasteiger partial charge in [-0.15, -0.1) is 0 Å². The molecule has 3 aliphatic rings. The summed E-state index contributed by atoms with van der Waals surface area (Å²) in [6.07, 6.45) is 6.39. The average Bonchev–Trinajstić information content (AvgIpc) is 3.66. The number of likely N-dealkylation sites (tertiary alicyclic amines) is 1. The quantitative estimate of drug-likeness (QED) is 0.135. The molecule has 0 aromatic heterocycles. The van der Waals surface area contributed by atoms with E-state index in [2.05, 4.69) is 33.1 Å². The van der Waals surface area contributed by atoms with Gasteiger partial charge in [0.25, 0.3) is 5.69 Å². The van der Waals surface area contributed by atoms with E-state index in [9.17, 15) is 20.0 Å². The average molecular weight is 694 g/mol. The van der Waals surface area contributed by atoms with E-state index in [0.717, 1.165) is 12.8 Å². The summed E-state index contributed by atoms with van der Waals surface area (Å²) in [6.45, 7) is 5.73. The molecule has 1 saturated carbocycles. The molecule has 2 heterocycles. The standard InChI is InChI=1S/C31H32BrCl2FN4O4/c1-17-12-27(39(42)43)20(13-23(17)32)15-36-29-26(10-11-40)38(16-19-6-7-19)31(28(29)24(35)5-3-4-18(2)33)22-9-8-21(34)14-25(22)37-30(31)41/h3-5,8-9,12-14,19,26,28-29,36,40H,2,6-7,10-11,15-16H2,1H3,(H,37,41)/b4-3-,24-5-/t26-,28-,29+,31+/m0/s1. The van der Waals surface area contributed by atoms with Crippen molar-refractivity contribution in [2.45, 2.75) is 50.4 Å². The molecule has 1 aliphatic carbocycles. The molecule has 5 rings (SSSR count). The molecule has 1 spiro atoms. The Morgan fingerprint density at radius 1 is 1.37 bits per heavy atom. The third-order valence-electron chi connectivity index (χ3n) is 8.55. The summed E-state index contributed by atoms with van der Waals surface area (Å²) in [5.74, 6) is -1.71. The number of hydrogen-bond acceptors (Lipinski definition) is 6. The van der Waals surface area contributed by atoms with E-state index in [1.165, 1.54) is 24.3 Å². The van der Waals surface area contributed by atoms with E-state index in [0.29, 0.717) is 44.3 Å². The fourth-order valence-corrected chi connectivity index (χ4v) is 7.18. The molecule has 2 aliphatic heterocycles. The number of halogens is 4. The number of benzene rings is 2. The Kier molecular flexibility index (Phi) is 9.46. The van der Waals surface area contributed by atoms with Crippen molar-refractivity contribution in [1.29, 1.82) is 0 Å². The Bertz CT molecular complexity index is 1530. The van der Waals surface area contributed by atoms with Crippen molar-refractivity contribution in [2.75, 3.05) is 18.5 Å². The van der Waals surface area contributed by atoms with Gasteiger partial charge in [-0.25, -0.2) is 4.39 Å². The lowest BCUT2D eigenvalue weighted by Gasteiger charge is -2.39. The first-order chi connectivity index (χ1) is 20.5. The summed E-state index contributed by atoms with van der Waals surface area (Å²) in [7, 11) is 0. The van der Waals surface area contributed by atoms with Crippen molar-refractivity contribution in [3.8, 4) is 0 Å². The Morgan fingerprint density at radius 2 is 2.12 bits per heavy atom. The molecule has 2 fully saturated rings. The van der Waals surface area contributed by atoms with Crippen molar-refractivity contribution in [3.05, 3.63) is 102 Å². The van der Waals surface area contributed by atoms with Gasteiger partial charge >= 0.3 is 0 Å². The van der Waals surface area contributed by atoms with Crippen LogP contribution in [0.1, 0.15) is 36.0 Å². The number of carbonyl (C=O) groups excluding carboxylic acids is 1. The summed E-state index contributed by atoms with van der Waals surface area (Å²) < 4.78 is 17.4. The minimum absolute atomic E-state index is 0.0301. The number of aryl methyl sites for hydroxylation is 1. The van der Waals surface area contributed by atoms with Crippen LogP contribution < -0.4 is 10.6 Å². The number of anilines is 1. The molecule has 0 unspecified atom stereocenters. The van der Waals surface area contributed by atoms with Crippen LogP contribution in [-0.4, -0.2) is 46.1 Å². The second-order valence-corrected chi connectivity index (χ2v) is 13.1. The number of nitro groups is 1. The first-order valence-corrected chi connectivity index (χ1v) is 15.6. The van der Waals surface area contributed by atoms with Crippen molar-refractivity contribution >= 4 is 56.4 Å². The molecule has 43 heavy (non-hydrogen) atoms. The van der Waals surface area contributed by atoms with Crippen LogP contribution in [-0.2, 0) is 16.9 Å². The molecule has 1 saturated heterocycles. The number of amides is 1. The van der Waals surface area contributed by atoms with E-state index in [1.807, 2.05) is 4.90 Å². The lowest BCUT2D eigenvalue weighted by Crippen LogP contribution is -2.53. The highest BCUT2D eigenvalue weighted by molar-refractivity contribution is 9.10. The van der Waals surface area contributed by atoms with Crippen molar-refractivity contribution in [3.63, 3.8) is 0 Å². The van der Waals surface area contributed by atoms with Gasteiger partial charge in [0, 0.05) is 69.2 Å². The van der Waals surface area contributed by atoms with Crippen LogP contribution in [0, 0.1) is 28.9 Å². The summed E-state index contributed by atoms with van der Waals surface area (Å²) >= 11 is 15.7. The zero-order valence-electron chi connectivity index (χ0n) is 23.5. The van der Waals surface area contributed by atoms with Gasteiger partial charge in [-0.1, -0.05) is 57.9 Å². The molecule has 1 amide bonds. The molecule has 3 N–H and O–H groups in total. The zero-order chi connectivity index (χ0) is 31.1. The van der Waals surface area contributed by atoms with Gasteiger partial charge in [-0.05, 0) is 68.0 Å². The number of nitrogens with zero attached hydrogens (tertiary/aromatic N) is 2. The lowest BCUT2D eigenvalue weighted by molar-refractivity contribution is -0.385. The highest BCUT2D eigenvalue weighted by Crippen LogP contribution is 2.57. The van der Waals surface area contributed by atoms with Gasteiger partial charge in [0.05, 0.1) is 10.8 Å². The Labute approximate surface area is 267 Å². The minimum Gasteiger partial charge on any atom is -0.396 e. The number of hydrogen-bond donors (Lipinski definition) is 3. The number of nitro benzene ring substituents is 1. The molecule has 8 nitrogen and oxygen atoms in total. The first-order valence-electron chi connectivity index (χ1n) is 14.0. The smallest absolute Gasteiger partial charge is 0.274 e. The summed E-state index contributed by atoms with van der Waals surface area (Å²) in [5, 5.41) is 29.2. The Balaban J connectivity index is 1.68. The SMILES string of the molecule is C=C(Cl)/C=C\C=C(/F)[C@H]1[C@H](NCc2cc(Br)c(C)cc2[N+](=O)[O-])[C@H](CCO)N(CC2CC2)[C@@]12C(=O)Nc1cc(Cl)ccc12. The monoisotopic (exact) mass is 692 g/mol. The van der Waals surface area contributed by atoms with Gasteiger partial charge in [-0.3, -0.25) is 19.8 Å². The van der Waals surface area contributed by atoms with Crippen molar-refractivity contribution in [2.24, 2.45) is 11.8 Å². The van der Waals surface area contributed by atoms with Crippen molar-refractivity contribution < 1.29 is 19.2 Å². The lowest BCUT2D eigenvalue weighted by atomic mass is 9.76. The van der Waals surface area contributed by atoms with Crippen molar-refractivity contribution in [1.82, 2.24) is 10.2 Å². The van der Waals surface area contributed by atoms with Gasteiger partial charge in [0.15, 0.2) is 0 Å². The normalized spacial score (nSPS) is 25.5. The molecule has 12 heteroatoms. The van der Waals surface area contributed by atoms with Crippen LogP contribution >= 0.6 is 39.1 Å². The molecular formula is C31H32BrCl2FN4O4. The number of carbonyl (C=O) groups is 1. The maximum absolute atomic E-state index is 16.7. The predicted octanol–water partition coefficient (Wildman–Crippen LogP) is 6.88. The number of rotatable bonds is 11. The van der Waals surface area contributed by atoms with Gasteiger partial charge in [-0.2, -0.15) is 0 Å². The third-order valence-corrected chi connectivity index (χ3v) is 9.77. The van der Waals surface area contributed by atoms with Crippen LogP contribution in [0.3, 0.4) is 0 Å². The van der Waals surface area contributed by atoms with Crippen LogP contribution in [0.25, 0.3) is 0 Å². The van der Waals surface area contributed by atoms with Crippen LogP contribution in [0.5, 0.6) is 0 Å². The van der Waals surface area contributed by atoms with E-state index in [-0.39, 0.29) is 36.2 Å². The number of fused-ring (bicyclic) bond motifs is 2. The summed E-state index contributed by atoms with van der Waals surface area (Å²) in [6, 6.07) is 7.07. The molecule has 0 radical (unpaired) electrons. The third kappa shape index (κ3) is 6.06. The van der Waals surface area contributed by atoms with Crippen LogP contribution in [0.4, 0.5) is 15.8 Å². The van der Waals surface area contributed by atoms with Gasteiger partial charge < -0.3 is 15.7 Å². The van der Waals surface area contributed by atoms with Gasteiger partial charge in [0.2, 0.25) is 5.91 Å². The molecule has 0 bridgehead atoms. The largest absolute Gasteiger partial charge is 0.396 e.